The number of aliphatic hydroxyl groups excluding tert-OH is 1. The Kier molecular flexibility index (Phi) is 9.97. The molecule has 2 rings (SSSR count). The maximum Gasteiger partial charge on any atom is 0.161 e. The number of ether oxygens (including phenoxy) is 2. The number of aliphatic hydroxyl groups is 1. The van der Waals surface area contributed by atoms with Gasteiger partial charge in [-0.2, -0.15) is 0 Å². The number of nitrogens with zero attached hydrogens (tertiary/aromatic N) is 3. The number of hydrogen-bond acceptors (Lipinski definition) is 6. The Morgan fingerprint density at radius 3 is 2.69 bits per heavy atom. The van der Waals surface area contributed by atoms with Crippen molar-refractivity contribution in [1.82, 2.24) is 19.8 Å². The highest BCUT2D eigenvalue weighted by Gasteiger charge is 2.12. The monoisotopic (exact) mass is 404 g/mol. The third-order valence-electron chi connectivity index (χ3n) is 5.03. The zero-order valence-corrected chi connectivity index (χ0v) is 18.2. The summed E-state index contributed by atoms with van der Waals surface area (Å²) in [5.74, 6) is 2.39. The van der Waals surface area contributed by atoms with Gasteiger partial charge in [0.25, 0.3) is 0 Å². The average molecular weight is 405 g/mol. The summed E-state index contributed by atoms with van der Waals surface area (Å²) >= 11 is 0. The average Bonchev–Trinajstić information content (AvgIpc) is 3.15. The summed E-state index contributed by atoms with van der Waals surface area (Å²) in [7, 11) is 1.64. The molecular formula is C22H36N4O3. The number of benzene rings is 1. The van der Waals surface area contributed by atoms with Crippen molar-refractivity contribution in [1.29, 1.82) is 0 Å². The molecule has 0 fully saturated rings. The fourth-order valence-electron chi connectivity index (χ4n) is 3.21. The highest BCUT2D eigenvalue weighted by atomic mass is 16.5. The predicted octanol–water partition coefficient (Wildman–Crippen LogP) is 2.46. The number of likely N-dealkylation sites (N-methyl/N-ethyl adjacent to an activating group) is 1. The van der Waals surface area contributed by atoms with Gasteiger partial charge in [-0.1, -0.05) is 19.9 Å². The first-order valence-electron chi connectivity index (χ1n) is 10.5. The Morgan fingerprint density at radius 2 is 2.03 bits per heavy atom. The van der Waals surface area contributed by atoms with Crippen LogP contribution in [0.15, 0.2) is 30.6 Å². The summed E-state index contributed by atoms with van der Waals surface area (Å²) in [5, 5.41) is 13.7. The summed E-state index contributed by atoms with van der Waals surface area (Å²) in [4.78, 5) is 6.41. The molecule has 0 radical (unpaired) electrons. The van der Waals surface area contributed by atoms with E-state index in [1.54, 1.807) is 7.11 Å². The van der Waals surface area contributed by atoms with Gasteiger partial charge in [0.1, 0.15) is 18.5 Å². The third-order valence-corrected chi connectivity index (χ3v) is 5.03. The molecule has 1 aromatic carbocycles. The van der Waals surface area contributed by atoms with E-state index >= 15 is 0 Å². The maximum absolute atomic E-state index is 10.2. The van der Waals surface area contributed by atoms with Crippen LogP contribution in [0.1, 0.15) is 31.7 Å². The summed E-state index contributed by atoms with van der Waals surface area (Å²) < 4.78 is 13.4. The molecule has 1 aromatic heterocycles. The zero-order chi connectivity index (χ0) is 21.1. The van der Waals surface area contributed by atoms with Gasteiger partial charge in [0.05, 0.1) is 7.11 Å². The largest absolute Gasteiger partial charge is 0.493 e. The second kappa shape index (κ2) is 12.5. The van der Waals surface area contributed by atoms with Crippen LogP contribution in [0.5, 0.6) is 11.5 Å². The summed E-state index contributed by atoms with van der Waals surface area (Å²) in [6.45, 7) is 11.5. The molecule has 0 aliphatic rings. The number of rotatable bonds is 14. The van der Waals surface area contributed by atoms with Crippen LogP contribution in [0.25, 0.3) is 0 Å². The van der Waals surface area contributed by atoms with E-state index in [0.29, 0.717) is 18.0 Å². The van der Waals surface area contributed by atoms with Crippen LogP contribution in [-0.4, -0.2) is 65.6 Å². The standard InChI is InChI=1S/C22H36N4O3/c1-5-25(6-2)16-20(27)17-29-21-9-8-19(14-22(21)28-4)15-23-10-7-12-26-13-11-24-18(26)3/h8-9,11,13-14,20,23,27H,5-7,10,12,15-17H2,1-4H3/t20-/m0/s1. The van der Waals surface area contributed by atoms with Crippen molar-refractivity contribution in [3.05, 3.63) is 42.0 Å². The van der Waals surface area contributed by atoms with Crippen molar-refractivity contribution in [3.8, 4) is 11.5 Å². The molecule has 7 heteroatoms. The predicted molar refractivity (Wildman–Crippen MR) is 116 cm³/mol. The molecule has 0 saturated carbocycles. The van der Waals surface area contributed by atoms with Crippen LogP contribution in [0.2, 0.25) is 0 Å². The molecule has 1 heterocycles. The quantitative estimate of drug-likeness (QED) is 0.471. The Hall–Kier alpha value is -2.09. The fraction of sp³-hybridized carbons (Fsp3) is 0.591. The van der Waals surface area contributed by atoms with E-state index in [9.17, 15) is 5.11 Å². The number of aryl methyl sites for hydroxylation is 2. The lowest BCUT2D eigenvalue weighted by Gasteiger charge is -2.22. The third kappa shape index (κ3) is 7.68. The highest BCUT2D eigenvalue weighted by Crippen LogP contribution is 2.28. The molecule has 0 unspecified atom stereocenters. The lowest BCUT2D eigenvalue weighted by Crippen LogP contribution is -2.35. The molecule has 162 valence electrons. The number of nitrogens with one attached hydrogen (secondary N) is 1. The number of hydrogen-bond donors (Lipinski definition) is 2. The topological polar surface area (TPSA) is 71.8 Å². The molecule has 29 heavy (non-hydrogen) atoms. The molecule has 0 spiro atoms. The SMILES string of the molecule is CCN(CC)C[C@H](O)COc1ccc(CNCCCn2ccnc2C)cc1OC. The molecule has 0 bridgehead atoms. The van der Waals surface area contributed by atoms with E-state index in [2.05, 4.69) is 33.6 Å². The fourth-order valence-corrected chi connectivity index (χ4v) is 3.21. The molecule has 0 saturated heterocycles. The van der Waals surface area contributed by atoms with Crippen LogP contribution in [-0.2, 0) is 13.1 Å². The lowest BCUT2D eigenvalue weighted by molar-refractivity contribution is 0.0705. The molecule has 1 atom stereocenters. The van der Waals surface area contributed by atoms with Crippen LogP contribution in [0.3, 0.4) is 0 Å². The second-order valence-corrected chi connectivity index (χ2v) is 7.13. The van der Waals surface area contributed by atoms with E-state index in [4.69, 9.17) is 9.47 Å². The molecule has 0 aliphatic carbocycles. The molecule has 2 aromatic rings. The smallest absolute Gasteiger partial charge is 0.161 e. The summed E-state index contributed by atoms with van der Waals surface area (Å²) in [6.07, 6.45) is 4.36. The minimum Gasteiger partial charge on any atom is -0.493 e. The molecule has 2 N–H and O–H groups in total. The minimum atomic E-state index is -0.528. The maximum atomic E-state index is 10.2. The molecule has 0 aliphatic heterocycles. The van der Waals surface area contributed by atoms with Crippen LogP contribution in [0.4, 0.5) is 0 Å². The van der Waals surface area contributed by atoms with Gasteiger partial charge < -0.3 is 29.4 Å². The first-order valence-corrected chi connectivity index (χ1v) is 10.5. The van der Waals surface area contributed by atoms with Crippen molar-refractivity contribution in [2.45, 2.75) is 46.4 Å². The van der Waals surface area contributed by atoms with E-state index in [-0.39, 0.29) is 6.61 Å². The van der Waals surface area contributed by atoms with Crippen LogP contribution >= 0.6 is 0 Å². The van der Waals surface area contributed by atoms with Crippen LogP contribution < -0.4 is 14.8 Å². The van der Waals surface area contributed by atoms with Gasteiger partial charge in [0.15, 0.2) is 11.5 Å². The van der Waals surface area contributed by atoms with E-state index in [1.165, 1.54) is 0 Å². The Bertz CT molecular complexity index is 716. The number of methoxy groups -OCH3 is 1. The van der Waals surface area contributed by atoms with Gasteiger partial charge in [0.2, 0.25) is 0 Å². The van der Waals surface area contributed by atoms with Gasteiger partial charge in [-0.3, -0.25) is 0 Å². The van der Waals surface area contributed by atoms with Gasteiger partial charge in [-0.25, -0.2) is 4.98 Å². The number of imidazole rings is 1. The minimum absolute atomic E-state index is 0.248. The van der Waals surface area contributed by atoms with Gasteiger partial charge in [-0.15, -0.1) is 0 Å². The molecule has 7 nitrogen and oxygen atoms in total. The van der Waals surface area contributed by atoms with Gasteiger partial charge in [-0.05, 0) is 50.7 Å². The van der Waals surface area contributed by atoms with Crippen molar-refractivity contribution >= 4 is 0 Å². The summed E-state index contributed by atoms with van der Waals surface area (Å²) in [6, 6.07) is 5.93. The van der Waals surface area contributed by atoms with E-state index < -0.39 is 6.10 Å². The Balaban J connectivity index is 1.76. The highest BCUT2D eigenvalue weighted by molar-refractivity contribution is 5.43. The van der Waals surface area contributed by atoms with E-state index in [1.807, 2.05) is 37.5 Å². The van der Waals surface area contributed by atoms with Gasteiger partial charge >= 0.3 is 0 Å². The lowest BCUT2D eigenvalue weighted by atomic mass is 10.2. The zero-order valence-electron chi connectivity index (χ0n) is 18.2. The first kappa shape index (κ1) is 23.2. The Morgan fingerprint density at radius 1 is 1.24 bits per heavy atom. The molecular weight excluding hydrogens is 368 g/mol. The van der Waals surface area contributed by atoms with Gasteiger partial charge in [0, 0.05) is 32.0 Å². The van der Waals surface area contributed by atoms with Crippen LogP contribution in [0, 0.1) is 6.92 Å². The number of aromatic nitrogens is 2. The Labute approximate surface area is 174 Å². The second-order valence-electron chi connectivity index (χ2n) is 7.13. The van der Waals surface area contributed by atoms with Crippen molar-refractivity contribution < 1.29 is 14.6 Å². The first-order chi connectivity index (χ1) is 14.1. The summed E-state index contributed by atoms with van der Waals surface area (Å²) in [5.41, 5.74) is 1.14. The van der Waals surface area contributed by atoms with E-state index in [0.717, 1.165) is 50.5 Å². The van der Waals surface area contributed by atoms with Crippen molar-refractivity contribution in [3.63, 3.8) is 0 Å². The van der Waals surface area contributed by atoms with Crippen molar-refractivity contribution in [2.24, 2.45) is 0 Å². The molecule has 0 amide bonds. The normalized spacial score (nSPS) is 12.3. The van der Waals surface area contributed by atoms with Crippen molar-refractivity contribution in [2.75, 3.05) is 39.9 Å².